The van der Waals surface area contributed by atoms with Crippen LogP contribution in [-0.2, 0) is 0 Å². The van der Waals surface area contributed by atoms with Crippen LogP contribution in [0.5, 0.6) is 0 Å². The monoisotopic (exact) mass is 343 g/mol. The van der Waals surface area contributed by atoms with E-state index in [4.69, 9.17) is 0 Å². The number of aromatic nitrogens is 4. The number of nitrogens with one attached hydrogen (secondary N) is 1. The lowest BCUT2D eigenvalue weighted by atomic mass is 10.1. The zero-order valence-electron chi connectivity index (χ0n) is 14.8. The molecule has 1 aromatic heterocycles. The molecule has 1 aliphatic rings. The van der Waals surface area contributed by atoms with Gasteiger partial charge in [0.05, 0.1) is 5.69 Å². The number of carbonyl (C=O) groups excluding carboxylic acids is 1. The SMILES string of the molecule is CCN1CCN([C@@H](C)CNC(=O)c2cccc(-n3cnnn3)c2)CC1. The van der Waals surface area contributed by atoms with Gasteiger partial charge in [0.2, 0.25) is 0 Å². The molecular formula is C17H25N7O. The summed E-state index contributed by atoms with van der Waals surface area (Å²) in [6, 6.07) is 7.61. The van der Waals surface area contributed by atoms with Crippen LogP contribution in [0.15, 0.2) is 30.6 Å². The number of hydrogen-bond donors (Lipinski definition) is 1. The minimum Gasteiger partial charge on any atom is -0.350 e. The van der Waals surface area contributed by atoms with Gasteiger partial charge in [0.1, 0.15) is 6.33 Å². The molecule has 8 nitrogen and oxygen atoms in total. The van der Waals surface area contributed by atoms with Crippen LogP contribution in [-0.4, -0.2) is 81.2 Å². The van der Waals surface area contributed by atoms with Crippen LogP contribution in [0.1, 0.15) is 24.2 Å². The summed E-state index contributed by atoms with van der Waals surface area (Å²) in [4.78, 5) is 17.3. The van der Waals surface area contributed by atoms with E-state index >= 15 is 0 Å². The van der Waals surface area contributed by atoms with E-state index in [2.05, 4.69) is 44.5 Å². The second-order valence-corrected chi connectivity index (χ2v) is 6.33. The number of piperazine rings is 1. The van der Waals surface area contributed by atoms with Crippen molar-refractivity contribution in [1.82, 2.24) is 35.3 Å². The van der Waals surface area contributed by atoms with Crippen LogP contribution >= 0.6 is 0 Å². The molecule has 0 unspecified atom stereocenters. The molecule has 1 aliphatic heterocycles. The number of benzene rings is 1. The molecule has 1 aromatic carbocycles. The molecule has 1 saturated heterocycles. The molecule has 0 saturated carbocycles. The highest BCUT2D eigenvalue weighted by atomic mass is 16.1. The van der Waals surface area contributed by atoms with Gasteiger partial charge in [-0.1, -0.05) is 13.0 Å². The third-order valence-electron chi connectivity index (χ3n) is 4.76. The van der Waals surface area contributed by atoms with Gasteiger partial charge in [0.15, 0.2) is 0 Å². The van der Waals surface area contributed by atoms with Crippen LogP contribution in [0.4, 0.5) is 0 Å². The first-order valence-corrected chi connectivity index (χ1v) is 8.75. The molecule has 25 heavy (non-hydrogen) atoms. The van der Waals surface area contributed by atoms with E-state index in [0.717, 1.165) is 38.4 Å². The molecule has 0 aliphatic carbocycles. The third-order valence-corrected chi connectivity index (χ3v) is 4.76. The van der Waals surface area contributed by atoms with Crippen LogP contribution in [0, 0.1) is 0 Å². The van der Waals surface area contributed by atoms with Crippen molar-refractivity contribution >= 4 is 5.91 Å². The predicted octanol–water partition coefficient (Wildman–Crippen LogP) is 0.418. The summed E-state index contributed by atoms with van der Waals surface area (Å²) < 4.78 is 1.53. The maximum Gasteiger partial charge on any atom is 0.251 e. The Morgan fingerprint density at radius 2 is 2.08 bits per heavy atom. The summed E-state index contributed by atoms with van der Waals surface area (Å²) in [5.41, 5.74) is 1.37. The Morgan fingerprint density at radius 3 is 2.76 bits per heavy atom. The summed E-state index contributed by atoms with van der Waals surface area (Å²) in [6.07, 6.45) is 1.51. The Labute approximate surface area is 147 Å². The number of tetrazole rings is 1. The van der Waals surface area contributed by atoms with Crippen molar-refractivity contribution in [3.8, 4) is 5.69 Å². The van der Waals surface area contributed by atoms with Crippen LogP contribution in [0.2, 0.25) is 0 Å². The van der Waals surface area contributed by atoms with Gasteiger partial charge in [0, 0.05) is 44.3 Å². The smallest absolute Gasteiger partial charge is 0.251 e. The van der Waals surface area contributed by atoms with Gasteiger partial charge in [-0.25, -0.2) is 4.68 Å². The van der Waals surface area contributed by atoms with Gasteiger partial charge in [-0.05, 0) is 42.1 Å². The first kappa shape index (κ1) is 17.5. The average Bonchev–Trinajstić information content (AvgIpc) is 3.21. The van der Waals surface area contributed by atoms with Crippen LogP contribution in [0.3, 0.4) is 0 Å². The number of nitrogens with zero attached hydrogens (tertiary/aromatic N) is 6. The second-order valence-electron chi connectivity index (χ2n) is 6.33. The number of carbonyl (C=O) groups is 1. The average molecular weight is 343 g/mol. The van der Waals surface area contributed by atoms with E-state index < -0.39 is 0 Å². The molecule has 2 heterocycles. The van der Waals surface area contributed by atoms with Crippen molar-refractivity contribution < 1.29 is 4.79 Å². The predicted molar refractivity (Wildman–Crippen MR) is 94.6 cm³/mol. The summed E-state index contributed by atoms with van der Waals surface area (Å²) in [5, 5.41) is 14.1. The Balaban J connectivity index is 1.53. The molecule has 8 heteroatoms. The van der Waals surface area contributed by atoms with Crippen molar-refractivity contribution in [1.29, 1.82) is 0 Å². The normalized spacial score (nSPS) is 17.4. The molecule has 1 fully saturated rings. The highest BCUT2D eigenvalue weighted by Gasteiger charge is 2.20. The molecule has 1 amide bonds. The summed E-state index contributed by atoms with van der Waals surface area (Å²) in [5.74, 6) is -0.0750. The van der Waals surface area contributed by atoms with Crippen molar-refractivity contribution in [3.05, 3.63) is 36.2 Å². The van der Waals surface area contributed by atoms with E-state index in [1.807, 2.05) is 12.1 Å². The van der Waals surface area contributed by atoms with Gasteiger partial charge < -0.3 is 10.2 Å². The fourth-order valence-electron chi connectivity index (χ4n) is 3.06. The lowest BCUT2D eigenvalue weighted by molar-refractivity contribution is 0.0883. The molecule has 2 aromatic rings. The number of rotatable bonds is 6. The van der Waals surface area contributed by atoms with Crippen LogP contribution < -0.4 is 5.32 Å². The Kier molecular flexibility index (Phi) is 5.72. The van der Waals surface area contributed by atoms with Gasteiger partial charge >= 0.3 is 0 Å². The van der Waals surface area contributed by atoms with E-state index in [-0.39, 0.29) is 5.91 Å². The molecule has 0 radical (unpaired) electrons. The van der Waals surface area contributed by atoms with E-state index in [0.29, 0.717) is 18.2 Å². The second kappa shape index (κ2) is 8.17. The fraction of sp³-hybridized carbons (Fsp3) is 0.529. The lowest BCUT2D eigenvalue weighted by Gasteiger charge is -2.37. The fourth-order valence-corrected chi connectivity index (χ4v) is 3.06. The van der Waals surface area contributed by atoms with E-state index in [1.54, 1.807) is 12.1 Å². The van der Waals surface area contributed by atoms with Gasteiger partial charge in [0.25, 0.3) is 5.91 Å². The van der Waals surface area contributed by atoms with Crippen molar-refractivity contribution in [2.45, 2.75) is 19.9 Å². The Hall–Kier alpha value is -2.32. The lowest BCUT2D eigenvalue weighted by Crippen LogP contribution is -2.52. The number of amides is 1. The Morgan fingerprint density at radius 1 is 1.28 bits per heavy atom. The maximum atomic E-state index is 12.5. The topological polar surface area (TPSA) is 79.2 Å². The van der Waals surface area contributed by atoms with Gasteiger partial charge in [-0.2, -0.15) is 0 Å². The number of hydrogen-bond acceptors (Lipinski definition) is 6. The van der Waals surface area contributed by atoms with Gasteiger partial charge in [-0.15, -0.1) is 5.10 Å². The molecule has 1 atom stereocenters. The minimum atomic E-state index is -0.0750. The molecule has 134 valence electrons. The van der Waals surface area contributed by atoms with E-state index in [9.17, 15) is 4.79 Å². The standard InChI is InChI=1S/C17H25N7O/c1-3-22-7-9-23(10-8-22)14(2)12-18-17(25)15-5-4-6-16(11-15)24-13-19-20-21-24/h4-6,11,13-14H,3,7-10,12H2,1-2H3,(H,18,25)/t14-/m0/s1. The Bertz CT molecular complexity index is 680. The molecule has 0 spiro atoms. The molecular weight excluding hydrogens is 318 g/mol. The van der Waals surface area contributed by atoms with Crippen LogP contribution in [0.25, 0.3) is 5.69 Å². The summed E-state index contributed by atoms with van der Waals surface area (Å²) in [6.45, 7) is 10.4. The maximum absolute atomic E-state index is 12.5. The number of likely N-dealkylation sites (N-methyl/N-ethyl adjacent to an activating group) is 1. The molecule has 1 N–H and O–H groups in total. The largest absolute Gasteiger partial charge is 0.350 e. The third kappa shape index (κ3) is 4.40. The zero-order valence-corrected chi connectivity index (χ0v) is 14.8. The minimum absolute atomic E-state index is 0.0750. The molecule has 3 rings (SSSR count). The first-order chi connectivity index (χ1) is 12.2. The highest BCUT2D eigenvalue weighted by molar-refractivity contribution is 5.94. The summed E-state index contributed by atoms with van der Waals surface area (Å²) >= 11 is 0. The molecule has 0 bridgehead atoms. The van der Waals surface area contributed by atoms with E-state index in [1.165, 1.54) is 11.0 Å². The van der Waals surface area contributed by atoms with Crippen molar-refractivity contribution in [2.24, 2.45) is 0 Å². The quantitative estimate of drug-likeness (QED) is 0.819. The van der Waals surface area contributed by atoms with Gasteiger partial charge in [-0.3, -0.25) is 9.69 Å². The van der Waals surface area contributed by atoms with Crippen molar-refractivity contribution in [2.75, 3.05) is 39.3 Å². The summed E-state index contributed by atoms with van der Waals surface area (Å²) in [7, 11) is 0. The highest BCUT2D eigenvalue weighted by Crippen LogP contribution is 2.09. The van der Waals surface area contributed by atoms with Crippen molar-refractivity contribution in [3.63, 3.8) is 0 Å². The zero-order chi connectivity index (χ0) is 17.6. The first-order valence-electron chi connectivity index (χ1n) is 8.75.